The molecule has 1 aliphatic heterocycles. The van der Waals surface area contributed by atoms with Crippen molar-refractivity contribution in [3.8, 4) is 0 Å². The van der Waals surface area contributed by atoms with Crippen LogP contribution in [-0.2, 0) is 4.79 Å². The molecule has 0 aliphatic carbocycles. The minimum atomic E-state index is -0.989. The Kier molecular flexibility index (Phi) is 3.02. The van der Waals surface area contributed by atoms with E-state index in [2.05, 4.69) is 4.98 Å². The number of carbonyl (C=O) groups excluding carboxylic acids is 1. The highest BCUT2D eigenvalue weighted by atomic mass is 32.1. The molecule has 0 atom stereocenters. The minimum Gasteiger partial charge on any atom is -0.477 e. The van der Waals surface area contributed by atoms with Crippen molar-refractivity contribution in [3.05, 3.63) is 11.1 Å². The minimum absolute atomic E-state index is 0.0147. The third kappa shape index (κ3) is 1.94. The topological polar surface area (TPSA) is 73.7 Å². The van der Waals surface area contributed by atoms with E-state index in [1.54, 1.807) is 11.9 Å². The fraction of sp³-hybridized carbons (Fsp3) is 0.545. The van der Waals surface area contributed by atoms with Gasteiger partial charge in [0.25, 0.3) is 0 Å². The quantitative estimate of drug-likeness (QED) is 0.863. The highest BCUT2D eigenvalue weighted by molar-refractivity contribution is 7.17. The van der Waals surface area contributed by atoms with Crippen LogP contribution in [0.15, 0.2) is 6.20 Å². The van der Waals surface area contributed by atoms with Crippen LogP contribution in [0.4, 0.5) is 5.13 Å². The molecule has 0 spiro atoms. The number of thiazole rings is 1. The summed E-state index contributed by atoms with van der Waals surface area (Å²) in [5.41, 5.74) is -0.694. The molecule has 6 nitrogen and oxygen atoms in total. The van der Waals surface area contributed by atoms with E-state index in [4.69, 9.17) is 5.11 Å². The molecule has 1 N–H and O–H groups in total. The third-order valence-electron chi connectivity index (χ3n) is 3.14. The van der Waals surface area contributed by atoms with E-state index in [0.29, 0.717) is 18.2 Å². The van der Waals surface area contributed by atoms with E-state index in [1.165, 1.54) is 6.20 Å². The monoisotopic (exact) mass is 269 g/mol. The molecule has 0 saturated carbocycles. The number of aromatic nitrogens is 1. The summed E-state index contributed by atoms with van der Waals surface area (Å²) in [7, 11) is 1.77. The Morgan fingerprint density at radius 2 is 2.17 bits per heavy atom. The summed E-state index contributed by atoms with van der Waals surface area (Å²) in [5, 5.41) is 9.48. The summed E-state index contributed by atoms with van der Waals surface area (Å²) < 4.78 is 0. The van der Waals surface area contributed by atoms with Gasteiger partial charge in [-0.15, -0.1) is 0 Å². The van der Waals surface area contributed by atoms with E-state index in [9.17, 15) is 9.59 Å². The van der Waals surface area contributed by atoms with Crippen LogP contribution < -0.4 is 4.90 Å². The van der Waals surface area contributed by atoms with Crippen LogP contribution in [0.2, 0.25) is 0 Å². The Hall–Kier alpha value is -1.63. The second-order valence-electron chi connectivity index (χ2n) is 4.75. The lowest BCUT2D eigenvalue weighted by molar-refractivity contribution is -0.136. The number of amides is 1. The van der Waals surface area contributed by atoms with Gasteiger partial charge in [0.05, 0.1) is 6.20 Å². The van der Waals surface area contributed by atoms with Crippen molar-refractivity contribution in [2.45, 2.75) is 19.4 Å². The number of aromatic carboxylic acids is 1. The van der Waals surface area contributed by atoms with Crippen LogP contribution in [0.1, 0.15) is 23.5 Å². The lowest BCUT2D eigenvalue weighted by Gasteiger charge is -2.44. The molecule has 1 amide bonds. The molecule has 1 aliphatic rings. The van der Waals surface area contributed by atoms with Crippen LogP contribution in [0.3, 0.4) is 0 Å². The van der Waals surface area contributed by atoms with E-state index < -0.39 is 11.5 Å². The second-order valence-corrected chi connectivity index (χ2v) is 5.76. The number of nitrogens with zero attached hydrogens (tertiary/aromatic N) is 3. The van der Waals surface area contributed by atoms with Crippen LogP contribution in [0.25, 0.3) is 0 Å². The van der Waals surface area contributed by atoms with Gasteiger partial charge in [-0.25, -0.2) is 9.78 Å². The zero-order valence-corrected chi connectivity index (χ0v) is 11.3. The molecular formula is C11H15N3O3S. The summed E-state index contributed by atoms with van der Waals surface area (Å²) in [4.78, 5) is 30.8. The molecule has 1 saturated heterocycles. The van der Waals surface area contributed by atoms with Crippen molar-refractivity contribution < 1.29 is 14.7 Å². The Labute approximate surface area is 109 Å². The molecular weight excluding hydrogens is 254 g/mol. The Balaban J connectivity index is 2.32. The number of carboxylic acids is 1. The van der Waals surface area contributed by atoms with Crippen molar-refractivity contribution in [2.24, 2.45) is 0 Å². The van der Waals surface area contributed by atoms with Gasteiger partial charge in [-0.3, -0.25) is 4.79 Å². The molecule has 0 aromatic carbocycles. The first-order valence-electron chi connectivity index (χ1n) is 5.56. The second kappa shape index (κ2) is 4.24. The number of hydrogen-bond acceptors (Lipinski definition) is 5. The first kappa shape index (κ1) is 12.8. The molecule has 0 bridgehead atoms. The van der Waals surface area contributed by atoms with Gasteiger partial charge in [0.15, 0.2) is 5.13 Å². The molecule has 18 heavy (non-hydrogen) atoms. The molecule has 2 rings (SSSR count). The molecule has 0 unspecified atom stereocenters. The standard InChI is InChI=1S/C11H15N3O3S/c1-11(2)9(17)13(3)4-5-14(11)10-12-6-7(18-10)8(15)16/h6H,4-5H2,1-3H3,(H,15,16). The zero-order valence-electron chi connectivity index (χ0n) is 10.5. The van der Waals surface area contributed by atoms with Crippen molar-refractivity contribution in [1.29, 1.82) is 0 Å². The number of rotatable bonds is 2. The van der Waals surface area contributed by atoms with E-state index in [1.807, 2.05) is 18.7 Å². The molecule has 1 fully saturated rings. The van der Waals surface area contributed by atoms with Crippen LogP contribution in [0.5, 0.6) is 0 Å². The molecule has 7 heteroatoms. The number of piperazine rings is 1. The smallest absolute Gasteiger partial charge is 0.347 e. The summed E-state index contributed by atoms with van der Waals surface area (Å²) >= 11 is 1.10. The van der Waals surface area contributed by atoms with Crippen molar-refractivity contribution in [3.63, 3.8) is 0 Å². The normalized spacial score (nSPS) is 19.2. The maximum absolute atomic E-state index is 12.1. The number of likely N-dealkylation sites (N-methyl/N-ethyl adjacent to an activating group) is 1. The molecule has 2 heterocycles. The van der Waals surface area contributed by atoms with Gasteiger partial charge in [-0.05, 0) is 13.8 Å². The van der Waals surface area contributed by atoms with E-state index >= 15 is 0 Å². The number of anilines is 1. The van der Waals surface area contributed by atoms with Crippen molar-refractivity contribution >= 4 is 28.3 Å². The maximum atomic E-state index is 12.1. The van der Waals surface area contributed by atoms with Gasteiger partial charge in [0.1, 0.15) is 10.4 Å². The Bertz CT molecular complexity index is 497. The number of carbonyl (C=O) groups is 2. The third-order valence-corrected chi connectivity index (χ3v) is 4.15. The summed E-state index contributed by atoms with van der Waals surface area (Å²) in [6.45, 7) is 4.92. The van der Waals surface area contributed by atoms with E-state index in [0.717, 1.165) is 11.3 Å². The van der Waals surface area contributed by atoms with E-state index in [-0.39, 0.29) is 10.8 Å². The summed E-state index contributed by atoms with van der Waals surface area (Å²) in [5.74, 6) is -0.974. The first-order chi connectivity index (χ1) is 8.34. The number of hydrogen-bond donors (Lipinski definition) is 1. The van der Waals surface area contributed by atoms with Gasteiger partial charge in [-0.2, -0.15) is 0 Å². The summed E-state index contributed by atoms with van der Waals surface area (Å²) in [6, 6.07) is 0. The highest BCUT2D eigenvalue weighted by Crippen LogP contribution is 2.31. The average Bonchev–Trinajstić information content (AvgIpc) is 2.75. The van der Waals surface area contributed by atoms with Crippen LogP contribution >= 0.6 is 11.3 Å². The fourth-order valence-corrected chi connectivity index (χ4v) is 2.96. The lowest BCUT2D eigenvalue weighted by Crippen LogP contribution is -2.62. The lowest BCUT2D eigenvalue weighted by atomic mass is 9.99. The molecule has 98 valence electrons. The first-order valence-corrected chi connectivity index (χ1v) is 6.38. The molecule has 1 aromatic rings. The highest BCUT2D eigenvalue weighted by Gasteiger charge is 2.41. The zero-order chi connectivity index (χ0) is 13.5. The van der Waals surface area contributed by atoms with Crippen molar-refractivity contribution in [2.75, 3.05) is 25.0 Å². The summed E-state index contributed by atoms with van der Waals surface area (Å²) in [6.07, 6.45) is 1.33. The van der Waals surface area contributed by atoms with Gasteiger partial charge in [-0.1, -0.05) is 11.3 Å². The predicted molar refractivity (Wildman–Crippen MR) is 68.1 cm³/mol. The van der Waals surface area contributed by atoms with Crippen LogP contribution in [0, 0.1) is 0 Å². The molecule has 1 aromatic heterocycles. The van der Waals surface area contributed by atoms with Crippen LogP contribution in [-0.4, -0.2) is 52.5 Å². The maximum Gasteiger partial charge on any atom is 0.347 e. The van der Waals surface area contributed by atoms with Crippen molar-refractivity contribution in [1.82, 2.24) is 9.88 Å². The fourth-order valence-electron chi connectivity index (χ4n) is 2.04. The average molecular weight is 269 g/mol. The SMILES string of the molecule is CN1CCN(c2ncc(C(=O)O)s2)C(C)(C)C1=O. The molecule has 0 radical (unpaired) electrons. The van der Waals surface area contributed by atoms with Gasteiger partial charge in [0, 0.05) is 20.1 Å². The van der Waals surface area contributed by atoms with Gasteiger partial charge < -0.3 is 14.9 Å². The van der Waals surface area contributed by atoms with Gasteiger partial charge in [0.2, 0.25) is 5.91 Å². The number of carboxylic acid groups (broad SMARTS) is 1. The Morgan fingerprint density at radius 1 is 1.50 bits per heavy atom. The predicted octanol–water partition coefficient (Wildman–Crippen LogP) is 0.898. The van der Waals surface area contributed by atoms with Gasteiger partial charge >= 0.3 is 5.97 Å². The largest absolute Gasteiger partial charge is 0.477 e. The Morgan fingerprint density at radius 3 is 2.72 bits per heavy atom.